The summed E-state index contributed by atoms with van der Waals surface area (Å²) in [7, 11) is -20.9. The van der Waals surface area contributed by atoms with Gasteiger partial charge in [0.2, 0.25) is 0 Å². The van der Waals surface area contributed by atoms with Gasteiger partial charge in [0.1, 0.15) is 0 Å². The van der Waals surface area contributed by atoms with E-state index in [2.05, 4.69) is 132 Å². The van der Waals surface area contributed by atoms with E-state index in [-0.39, 0.29) is 0 Å². The summed E-state index contributed by atoms with van der Waals surface area (Å²) in [5.74, 6) is 0. The number of hydrogen-bond acceptors (Lipinski definition) is 8. The van der Waals surface area contributed by atoms with Crippen LogP contribution in [0.4, 0.5) is 0 Å². The maximum absolute atomic E-state index is 6.72. The van der Waals surface area contributed by atoms with E-state index in [4.69, 9.17) is 32.9 Å². The molecule has 0 unspecified atom stereocenters. The van der Waals surface area contributed by atoms with Crippen molar-refractivity contribution < 1.29 is 32.9 Å². The molecule has 0 aromatic rings. The molecule has 0 heterocycles. The first-order valence-corrected chi connectivity index (χ1v) is 40.3. The molecule has 0 aromatic heterocycles. The molecule has 17 heteroatoms. The zero-order chi connectivity index (χ0) is 31.6. The van der Waals surface area contributed by atoms with Gasteiger partial charge in [0.15, 0.2) is 16.6 Å². The molecule has 0 fully saturated rings. The molecule has 0 atom stereocenters. The molecule has 0 N–H and O–H groups in total. The van der Waals surface area contributed by atoms with Gasteiger partial charge in [0.05, 0.1) is 0 Å². The Labute approximate surface area is 252 Å². The minimum Gasteiger partial charge on any atom is -0.436 e. The lowest BCUT2D eigenvalue weighted by molar-refractivity contribution is 0.260. The van der Waals surface area contributed by atoms with Crippen LogP contribution >= 0.6 is 0 Å². The average molecular weight is 710 g/mol. The highest BCUT2D eigenvalue weighted by Crippen LogP contribution is 2.30. The molecule has 39 heavy (non-hydrogen) atoms. The Hall–Kier alpha value is 1.63. The highest BCUT2D eigenvalue weighted by Gasteiger charge is 2.49. The molecule has 0 spiro atoms. The van der Waals surface area contributed by atoms with E-state index in [1.54, 1.807) is 0 Å². The second-order valence-corrected chi connectivity index (χ2v) is 49.4. The fourth-order valence-corrected chi connectivity index (χ4v) is 49.2. The first-order chi connectivity index (χ1) is 16.8. The van der Waals surface area contributed by atoms with E-state index in [0.717, 1.165) is 12.1 Å². The lowest BCUT2D eigenvalue weighted by Crippen LogP contribution is -2.62. The third-order valence-corrected chi connectivity index (χ3v) is 41.1. The van der Waals surface area contributed by atoms with Crippen LogP contribution in [0, 0.1) is 0 Å². The summed E-state index contributed by atoms with van der Waals surface area (Å²) in [4.78, 5) is 0. The molecule has 0 amide bonds. The second kappa shape index (κ2) is 13.7. The largest absolute Gasteiger partial charge is 0.436 e. The minimum atomic E-state index is -2.60. The number of rotatable bonds is 18. The first kappa shape index (κ1) is 40.6. The molecule has 8 nitrogen and oxygen atoms in total. The van der Waals surface area contributed by atoms with Gasteiger partial charge in [-0.1, -0.05) is 13.8 Å². The zero-order valence-corrected chi connectivity index (χ0v) is 38.2. The van der Waals surface area contributed by atoms with E-state index < -0.39 is 76.6 Å². The summed E-state index contributed by atoms with van der Waals surface area (Å²) in [6.07, 6.45) is 0. The summed E-state index contributed by atoms with van der Waals surface area (Å²) in [6, 6.07) is 2.13. The van der Waals surface area contributed by atoms with Crippen LogP contribution in [0.25, 0.3) is 0 Å². The van der Waals surface area contributed by atoms with Crippen LogP contribution in [-0.2, 0) is 32.9 Å². The van der Waals surface area contributed by atoms with Crippen molar-refractivity contribution in [2.45, 2.75) is 144 Å². The van der Waals surface area contributed by atoms with Crippen molar-refractivity contribution in [1.82, 2.24) is 0 Å². The normalized spacial score (nSPS) is 15.7. The zero-order valence-electron chi connectivity index (χ0n) is 29.2. The van der Waals surface area contributed by atoms with Crippen molar-refractivity contribution in [3.8, 4) is 0 Å². The molecule has 0 aliphatic heterocycles. The van der Waals surface area contributed by atoms with Gasteiger partial charge in [-0.25, -0.2) is 0 Å². The molecule has 0 rings (SSSR count). The van der Waals surface area contributed by atoms with Crippen molar-refractivity contribution in [1.29, 1.82) is 0 Å². The topological polar surface area (TPSA) is 73.8 Å². The van der Waals surface area contributed by atoms with Gasteiger partial charge in [-0.3, -0.25) is 0 Å². The van der Waals surface area contributed by atoms with Crippen LogP contribution in [0.3, 0.4) is 0 Å². The Kier molecular flexibility index (Phi) is 14.3. The van der Waals surface area contributed by atoms with Crippen molar-refractivity contribution in [3.05, 3.63) is 0 Å². The van der Waals surface area contributed by atoms with Crippen molar-refractivity contribution in [2.24, 2.45) is 0 Å². The Morgan fingerprint density at radius 1 is 0.256 bits per heavy atom. The van der Waals surface area contributed by atoms with Crippen molar-refractivity contribution in [3.63, 3.8) is 0 Å². The van der Waals surface area contributed by atoms with Gasteiger partial charge in [-0.05, 0) is 130 Å². The first-order valence-electron chi connectivity index (χ1n) is 14.4. The maximum Gasteiger partial charge on any atom is 0.314 e. The second-order valence-electron chi connectivity index (χ2n) is 14.8. The smallest absolute Gasteiger partial charge is 0.314 e. The maximum atomic E-state index is 6.72. The fraction of sp³-hybridized carbons (Fsp3) is 1.00. The lowest BCUT2D eigenvalue weighted by Gasteiger charge is -2.44. The third-order valence-electron chi connectivity index (χ3n) is 5.70. The van der Waals surface area contributed by atoms with Gasteiger partial charge in [-0.2, -0.15) is 0 Å². The van der Waals surface area contributed by atoms with Crippen molar-refractivity contribution >= 4 is 76.6 Å². The van der Waals surface area contributed by atoms with Crippen LogP contribution in [-0.4, -0.2) is 76.6 Å². The molecule has 0 radical (unpaired) electrons. The lowest BCUT2D eigenvalue weighted by atomic mass is 11.0. The molecule has 0 aliphatic rings. The number of hydrogen-bond donors (Lipinski definition) is 0. The van der Waals surface area contributed by atoms with E-state index in [1.807, 2.05) is 0 Å². The molecular formula is C22H64O8Si9. The quantitative estimate of drug-likeness (QED) is 0.131. The van der Waals surface area contributed by atoms with E-state index in [9.17, 15) is 0 Å². The van der Waals surface area contributed by atoms with Crippen LogP contribution < -0.4 is 0 Å². The molecule has 0 saturated carbocycles. The molecule has 236 valence electrons. The Bertz CT molecular complexity index is 725. The molecule has 0 bridgehead atoms. The molecule has 0 aliphatic carbocycles. The van der Waals surface area contributed by atoms with Crippen LogP contribution in [0.15, 0.2) is 0 Å². The van der Waals surface area contributed by atoms with Crippen LogP contribution in [0.2, 0.25) is 130 Å². The predicted molar refractivity (Wildman–Crippen MR) is 187 cm³/mol. The van der Waals surface area contributed by atoms with E-state index >= 15 is 0 Å². The Balaban J connectivity index is 5.40. The highest BCUT2D eigenvalue weighted by atomic mass is 28.5. The average Bonchev–Trinajstić information content (AvgIpc) is 2.52. The van der Waals surface area contributed by atoms with Gasteiger partial charge in [0, 0.05) is 0 Å². The molecular weight excluding hydrogens is 645 g/mol. The Morgan fingerprint density at radius 2 is 0.385 bits per heavy atom. The van der Waals surface area contributed by atoms with Crippen LogP contribution in [0.5, 0.6) is 0 Å². The predicted octanol–water partition coefficient (Wildman–Crippen LogP) is 8.48. The third kappa shape index (κ3) is 18.1. The van der Waals surface area contributed by atoms with Gasteiger partial charge in [-0.15, -0.1) is 0 Å². The molecule has 0 aromatic carbocycles. The summed E-state index contributed by atoms with van der Waals surface area (Å²) in [5, 5.41) is 0. The fourth-order valence-electron chi connectivity index (χ4n) is 5.17. The van der Waals surface area contributed by atoms with Gasteiger partial charge < -0.3 is 32.9 Å². The standard InChI is InChI=1S/C22H64O8Si9/c1-21-31(3,4)23-33(7,8)25-35(11,12)27-37(15,16)29-39(19,20)30-38(17,18)28-36(13,14)26-34(9,10)24-32(5,6)22-2/h21-22H2,1-20H3. The van der Waals surface area contributed by atoms with Gasteiger partial charge in [0.25, 0.3) is 0 Å². The van der Waals surface area contributed by atoms with Crippen molar-refractivity contribution in [2.75, 3.05) is 0 Å². The van der Waals surface area contributed by atoms with E-state index in [1.165, 1.54) is 0 Å². The summed E-state index contributed by atoms with van der Waals surface area (Å²) < 4.78 is 53.2. The summed E-state index contributed by atoms with van der Waals surface area (Å²) >= 11 is 0. The summed E-state index contributed by atoms with van der Waals surface area (Å²) in [6.45, 7) is 42.8. The SMILES string of the molecule is CC[Si](C)(C)O[Si](C)(C)O[Si](C)(C)O[Si](C)(C)O[Si](C)(C)O[Si](C)(C)O[Si](C)(C)O[Si](C)(C)O[Si](C)(C)CC. The summed E-state index contributed by atoms with van der Waals surface area (Å²) in [5.41, 5.74) is 0. The van der Waals surface area contributed by atoms with E-state index in [0.29, 0.717) is 0 Å². The van der Waals surface area contributed by atoms with Crippen LogP contribution in [0.1, 0.15) is 13.8 Å². The highest BCUT2D eigenvalue weighted by molar-refractivity contribution is 6.92. The monoisotopic (exact) mass is 708 g/mol. The Morgan fingerprint density at radius 3 is 0.513 bits per heavy atom. The molecule has 0 saturated heterocycles. The van der Waals surface area contributed by atoms with Gasteiger partial charge >= 0.3 is 59.9 Å². The minimum absolute atomic E-state index is 1.06.